The van der Waals surface area contributed by atoms with Crippen LogP contribution in [0.5, 0.6) is 11.5 Å². The molecule has 0 atom stereocenters. The van der Waals surface area contributed by atoms with Crippen molar-refractivity contribution in [3.05, 3.63) is 24.3 Å². The summed E-state index contributed by atoms with van der Waals surface area (Å²) >= 11 is 0. The zero-order chi connectivity index (χ0) is 17.6. The van der Waals surface area contributed by atoms with Crippen molar-refractivity contribution < 1.29 is 19.1 Å². The largest absolute Gasteiger partial charge is 0.423 e. The summed E-state index contributed by atoms with van der Waals surface area (Å²) in [6, 6.07) is 6.72. The molecule has 4 heteroatoms. The van der Waals surface area contributed by atoms with E-state index in [2.05, 4.69) is 6.92 Å². The first-order chi connectivity index (χ1) is 11.6. The molecule has 0 aliphatic heterocycles. The quantitative estimate of drug-likeness (QED) is 0.290. The highest BCUT2D eigenvalue weighted by Gasteiger charge is 2.11. The monoisotopic (exact) mass is 334 g/mol. The van der Waals surface area contributed by atoms with Crippen molar-refractivity contribution in [1.29, 1.82) is 0 Å². The van der Waals surface area contributed by atoms with E-state index in [4.69, 9.17) is 9.47 Å². The average molecular weight is 334 g/mol. The van der Waals surface area contributed by atoms with E-state index in [1.54, 1.807) is 24.3 Å². The van der Waals surface area contributed by atoms with Crippen molar-refractivity contribution in [3.63, 3.8) is 0 Å². The second-order valence-electron chi connectivity index (χ2n) is 6.09. The summed E-state index contributed by atoms with van der Waals surface area (Å²) in [5, 5.41) is 0. The molecule has 0 aliphatic rings. The zero-order valence-corrected chi connectivity index (χ0v) is 15.0. The predicted molar refractivity (Wildman–Crippen MR) is 95.2 cm³/mol. The van der Waals surface area contributed by atoms with Gasteiger partial charge in [-0.1, -0.05) is 70.4 Å². The predicted octanol–water partition coefficient (Wildman–Crippen LogP) is 5.44. The fourth-order valence-corrected chi connectivity index (χ4v) is 2.53. The van der Waals surface area contributed by atoms with Crippen LogP contribution in [0.3, 0.4) is 0 Å². The molecule has 0 amide bonds. The number of carbonyl (C=O) groups is 2. The van der Waals surface area contributed by atoms with E-state index in [9.17, 15) is 9.59 Å². The summed E-state index contributed by atoms with van der Waals surface area (Å²) in [5.41, 5.74) is 0. The fourth-order valence-electron chi connectivity index (χ4n) is 2.53. The highest BCUT2D eigenvalue weighted by Crippen LogP contribution is 2.27. The molecular formula is C20H30O4. The summed E-state index contributed by atoms with van der Waals surface area (Å²) in [4.78, 5) is 22.9. The molecular weight excluding hydrogens is 304 g/mol. The van der Waals surface area contributed by atoms with Gasteiger partial charge in [0.05, 0.1) is 0 Å². The Morgan fingerprint density at radius 1 is 0.792 bits per heavy atom. The van der Waals surface area contributed by atoms with E-state index in [1.807, 2.05) is 0 Å². The number of hydrogen-bond acceptors (Lipinski definition) is 4. The van der Waals surface area contributed by atoms with E-state index < -0.39 is 5.97 Å². The third kappa shape index (κ3) is 9.33. The lowest BCUT2D eigenvalue weighted by Gasteiger charge is -2.09. The van der Waals surface area contributed by atoms with Crippen LogP contribution in [0, 0.1) is 0 Å². The maximum Gasteiger partial charge on any atom is 0.311 e. The van der Waals surface area contributed by atoms with Crippen molar-refractivity contribution >= 4 is 11.9 Å². The Hall–Kier alpha value is -1.84. The van der Waals surface area contributed by atoms with Crippen LogP contribution in [0.4, 0.5) is 0 Å². The molecule has 0 saturated carbocycles. The minimum atomic E-state index is -0.433. The van der Waals surface area contributed by atoms with E-state index in [0.717, 1.165) is 12.8 Å². The molecule has 4 nitrogen and oxygen atoms in total. The Kier molecular flexibility index (Phi) is 10.6. The molecule has 0 bridgehead atoms. The number of ether oxygens (including phenoxy) is 2. The van der Waals surface area contributed by atoms with Gasteiger partial charge < -0.3 is 9.47 Å². The number of benzene rings is 1. The molecule has 0 saturated heterocycles. The number of carbonyl (C=O) groups excluding carboxylic acids is 2. The minimum Gasteiger partial charge on any atom is -0.423 e. The van der Waals surface area contributed by atoms with Crippen molar-refractivity contribution in [2.75, 3.05) is 0 Å². The minimum absolute atomic E-state index is 0.280. The Bertz CT molecular complexity index is 496. The van der Waals surface area contributed by atoms with Crippen LogP contribution in [0.2, 0.25) is 0 Å². The molecule has 0 unspecified atom stereocenters. The van der Waals surface area contributed by atoms with Crippen molar-refractivity contribution in [3.8, 4) is 11.5 Å². The van der Waals surface area contributed by atoms with Crippen LogP contribution in [-0.2, 0) is 9.59 Å². The van der Waals surface area contributed by atoms with Gasteiger partial charge in [0.15, 0.2) is 11.5 Å². The van der Waals surface area contributed by atoms with Crippen molar-refractivity contribution in [2.24, 2.45) is 0 Å². The van der Waals surface area contributed by atoms with Crippen LogP contribution in [0.1, 0.15) is 78.1 Å². The van der Waals surface area contributed by atoms with Gasteiger partial charge in [-0.2, -0.15) is 0 Å². The van der Waals surface area contributed by atoms with Gasteiger partial charge in [-0.25, -0.2) is 0 Å². The molecule has 1 rings (SSSR count). The van der Waals surface area contributed by atoms with Crippen LogP contribution >= 0.6 is 0 Å². The number of esters is 2. The fraction of sp³-hybridized carbons (Fsp3) is 0.600. The lowest BCUT2D eigenvalue weighted by atomic mass is 10.1. The summed E-state index contributed by atoms with van der Waals surface area (Å²) in [6.07, 6.45) is 11.3. The first-order valence-corrected chi connectivity index (χ1v) is 9.11. The third-order valence-corrected chi connectivity index (χ3v) is 3.81. The van der Waals surface area contributed by atoms with Gasteiger partial charge in [-0.15, -0.1) is 0 Å². The Labute approximate surface area is 145 Å². The van der Waals surface area contributed by atoms with Gasteiger partial charge in [0.1, 0.15) is 0 Å². The molecule has 0 heterocycles. The average Bonchev–Trinajstić information content (AvgIpc) is 2.54. The smallest absolute Gasteiger partial charge is 0.311 e. The third-order valence-electron chi connectivity index (χ3n) is 3.81. The molecule has 1 aromatic rings. The second kappa shape index (κ2) is 12.6. The van der Waals surface area contributed by atoms with Gasteiger partial charge in [0, 0.05) is 13.3 Å². The van der Waals surface area contributed by atoms with Crippen molar-refractivity contribution in [1.82, 2.24) is 0 Å². The highest BCUT2D eigenvalue weighted by molar-refractivity contribution is 5.75. The molecule has 1 aromatic carbocycles. The van der Waals surface area contributed by atoms with Crippen LogP contribution < -0.4 is 9.47 Å². The molecule has 24 heavy (non-hydrogen) atoms. The first-order valence-electron chi connectivity index (χ1n) is 9.11. The SMILES string of the molecule is CCCCCCCCCCCC(=O)Oc1ccccc1OC(C)=O. The molecule has 0 fully saturated rings. The Morgan fingerprint density at radius 2 is 1.29 bits per heavy atom. The number of hydrogen-bond donors (Lipinski definition) is 0. The van der Waals surface area contributed by atoms with E-state index >= 15 is 0 Å². The van der Waals surface area contributed by atoms with Gasteiger partial charge >= 0.3 is 11.9 Å². The molecule has 134 valence electrons. The first kappa shape index (κ1) is 20.2. The zero-order valence-electron chi connectivity index (χ0n) is 15.0. The summed E-state index contributed by atoms with van der Waals surface area (Å²) in [5.74, 6) is -0.131. The number of unbranched alkanes of at least 4 members (excludes halogenated alkanes) is 8. The van der Waals surface area contributed by atoms with Gasteiger partial charge in [-0.05, 0) is 18.6 Å². The van der Waals surface area contributed by atoms with Gasteiger partial charge in [0.25, 0.3) is 0 Å². The normalized spacial score (nSPS) is 10.4. The molecule has 0 radical (unpaired) electrons. The van der Waals surface area contributed by atoms with E-state index in [1.165, 1.54) is 51.9 Å². The van der Waals surface area contributed by atoms with Gasteiger partial charge in [-0.3, -0.25) is 9.59 Å². The maximum absolute atomic E-state index is 11.9. The topological polar surface area (TPSA) is 52.6 Å². The van der Waals surface area contributed by atoms with Gasteiger partial charge in [0.2, 0.25) is 0 Å². The van der Waals surface area contributed by atoms with E-state index in [-0.39, 0.29) is 11.7 Å². The number of rotatable bonds is 12. The lowest BCUT2D eigenvalue weighted by Crippen LogP contribution is -2.10. The molecule has 0 aliphatic carbocycles. The number of para-hydroxylation sites is 2. The highest BCUT2D eigenvalue weighted by atomic mass is 16.6. The molecule has 0 N–H and O–H groups in total. The standard InChI is InChI=1S/C20H30O4/c1-3-4-5-6-7-8-9-10-11-16-20(22)24-19-15-13-12-14-18(19)23-17(2)21/h12-15H,3-11,16H2,1-2H3. The van der Waals surface area contributed by atoms with E-state index in [0.29, 0.717) is 12.2 Å². The summed E-state index contributed by atoms with van der Waals surface area (Å²) in [7, 11) is 0. The lowest BCUT2D eigenvalue weighted by molar-refractivity contribution is -0.136. The second-order valence-corrected chi connectivity index (χ2v) is 6.09. The van der Waals surface area contributed by atoms with Crippen molar-refractivity contribution in [2.45, 2.75) is 78.1 Å². The molecule has 0 spiro atoms. The summed E-state index contributed by atoms with van der Waals surface area (Å²) < 4.78 is 10.3. The Balaban J connectivity index is 2.17. The molecule has 0 aromatic heterocycles. The van der Waals surface area contributed by atoms with Crippen LogP contribution in [0.25, 0.3) is 0 Å². The van der Waals surface area contributed by atoms with Crippen LogP contribution in [0.15, 0.2) is 24.3 Å². The summed E-state index contributed by atoms with van der Waals surface area (Å²) in [6.45, 7) is 3.55. The van der Waals surface area contributed by atoms with Crippen LogP contribution in [-0.4, -0.2) is 11.9 Å². The Morgan fingerprint density at radius 3 is 1.83 bits per heavy atom. The maximum atomic E-state index is 11.9.